The number of aromatic nitrogens is 2. The van der Waals surface area contributed by atoms with Crippen molar-refractivity contribution in [1.29, 1.82) is 0 Å². The lowest BCUT2D eigenvalue weighted by atomic mass is 10.4. The number of hydrogen-bond acceptors (Lipinski definition) is 6. The van der Waals surface area contributed by atoms with Gasteiger partial charge < -0.3 is 9.52 Å². The van der Waals surface area contributed by atoms with Crippen LogP contribution in [0.5, 0.6) is 0 Å². The zero-order valence-corrected chi connectivity index (χ0v) is 11.2. The number of aliphatic hydroxyl groups excluding tert-OH is 1. The minimum atomic E-state index is 0.145. The number of nitrogens with zero attached hydrogens (tertiary/aromatic N) is 3. The second-order valence-electron chi connectivity index (χ2n) is 3.98. The maximum absolute atomic E-state index is 8.99. The van der Waals surface area contributed by atoms with E-state index in [4.69, 9.17) is 9.52 Å². The van der Waals surface area contributed by atoms with Crippen molar-refractivity contribution in [3.05, 3.63) is 23.4 Å². The predicted molar refractivity (Wildman–Crippen MR) is 70.3 cm³/mol. The van der Waals surface area contributed by atoms with Crippen molar-refractivity contribution in [2.75, 3.05) is 19.7 Å². The molecule has 0 atom stereocenters. The molecule has 0 bridgehead atoms. The average Bonchev–Trinajstić information content (AvgIpc) is 2.98. The molecule has 0 spiro atoms. The first-order valence-corrected chi connectivity index (χ1v) is 6.91. The molecule has 5 nitrogen and oxygen atoms in total. The van der Waals surface area contributed by atoms with Gasteiger partial charge in [0.15, 0.2) is 0 Å². The van der Waals surface area contributed by atoms with Crippen LogP contribution < -0.4 is 0 Å². The monoisotopic (exact) mass is 267 g/mol. The first kappa shape index (κ1) is 13.2. The Hall–Kier alpha value is -1.24. The maximum Gasteiger partial charge on any atom is 0.257 e. The molecule has 2 aromatic rings. The lowest BCUT2D eigenvalue weighted by Crippen LogP contribution is -2.27. The van der Waals surface area contributed by atoms with Gasteiger partial charge in [-0.1, -0.05) is 13.0 Å². The van der Waals surface area contributed by atoms with Crippen LogP contribution in [0.3, 0.4) is 0 Å². The molecule has 0 aliphatic rings. The van der Waals surface area contributed by atoms with Crippen LogP contribution in [0.1, 0.15) is 19.2 Å². The Bertz CT molecular complexity index is 450. The molecule has 2 aromatic heterocycles. The fourth-order valence-corrected chi connectivity index (χ4v) is 2.38. The summed E-state index contributed by atoms with van der Waals surface area (Å²) < 4.78 is 5.62. The molecule has 0 aromatic carbocycles. The van der Waals surface area contributed by atoms with Gasteiger partial charge in [-0.15, -0.1) is 21.5 Å². The topological polar surface area (TPSA) is 62.4 Å². The van der Waals surface area contributed by atoms with Crippen molar-refractivity contribution in [3.8, 4) is 10.8 Å². The van der Waals surface area contributed by atoms with E-state index in [1.165, 1.54) is 0 Å². The molecule has 1 N–H and O–H groups in total. The number of hydrogen-bond donors (Lipinski definition) is 1. The average molecular weight is 267 g/mol. The minimum Gasteiger partial charge on any atom is -0.419 e. The lowest BCUT2D eigenvalue weighted by Gasteiger charge is -2.17. The van der Waals surface area contributed by atoms with E-state index in [-0.39, 0.29) is 6.61 Å². The SMILES string of the molecule is CCCN(CCO)Cc1nnc(-c2cccs2)o1. The van der Waals surface area contributed by atoms with E-state index in [0.717, 1.165) is 17.8 Å². The van der Waals surface area contributed by atoms with E-state index in [0.29, 0.717) is 24.9 Å². The van der Waals surface area contributed by atoms with Crippen LogP contribution in [0.2, 0.25) is 0 Å². The maximum atomic E-state index is 8.99. The molecule has 0 fully saturated rings. The Kier molecular flexibility index (Phi) is 4.86. The summed E-state index contributed by atoms with van der Waals surface area (Å²) in [4.78, 5) is 3.09. The van der Waals surface area contributed by atoms with Crippen LogP contribution in [-0.4, -0.2) is 39.9 Å². The third-order valence-corrected chi connectivity index (χ3v) is 3.37. The predicted octanol–water partition coefficient (Wildman–Crippen LogP) is 2.00. The summed E-state index contributed by atoms with van der Waals surface area (Å²) in [7, 11) is 0. The Labute approximate surface area is 110 Å². The van der Waals surface area contributed by atoms with Gasteiger partial charge in [0.1, 0.15) is 0 Å². The first-order valence-electron chi connectivity index (χ1n) is 6.03. The summed E-state index contributed by atoms with van der Waals surface area (Å²) in [6.07, 6.45) is 1.03. The van der Waals surface area contributed by atoms with E-state index in [9.17, 15) is 0 Å². The van der Waals surface area contributed by atoms with Gasteiger partial charge in [-0.2, -0.15) is 0 Å². The van der Waals surface area contributed by atoms with E-state index in [1.807, 2.05) is 17.5 Å². The molecule has 98 valence electrons. The summed E-state index contributed by atoms with van der Waals surface area (Å²) in [5.41, 5.74) is 0. The molecule has 0 unspecified atom stereocenters. The molecular formula is C12H17N3O2S. The van der Waals surface area contributed by atoms with Crippen molar-refractivity contribution in [2.45, 2.75) is 19.9 Å². The van der Waals surface area contributed by atoms with Gasteiger partial charge in [0.25, 0.3) is 5.89 Å². The molecule has 0 aliphatic heterocycles. The van der Waals surface area contributed by atoms with Crippen molar-refractivity contribution in [2.24, 2.45) is 0 Å². The molecule has 0 amide bonds. The highest BCUT2D eigenvalue weighted by Crippen LogP contribution is 2.23. The van der Waals surface area contributed by atoms with Gasteiger partial charge in [-0.3, -0.25) is 4.90 Å². The molecular weight excluding hydrogens is 250 g/mol. The van der Waals surface area contributed by atoms with E-state index < -0.39 is 0 Å². The van der Waals surface area contributed by atoms with Crippen LogP contribution in [-0.2, 0) is 6.54 Å². The highest BCUT2D eigenvalue weighted by Gasteiger charge is 2.12. The van der Waals surface area contributed by atoms with Crippen LogP contribution in [0.15, 0.2) is 21.9 Å². The molecule has 6 heteroatoms. The van der Waals surface area contributed by atoms with Gasteiger partial charge >= 0.3 is 0 Å². The third-order valence-electron chi connectivity index (χ3n) is 2.51. The normalized spacial score (nSPS) is 11.3. The lowest BCUT2D eigenvalue weighted by molar-refractivity contribution is 0.179. The van der Waals surface area contributed by atoms with Crippen LogP contribution in [0.25, 0.3) is 10.8 Å². The Morgan fingerprint density at radius 1 is 1.39 bits per heavy atom. The molecule has 0 aliphatic carbocycles. The molecule has 0 saturated heterocycles. The summed E-state index contributed by atoms with van der Waals surface area (Å²) in [6, 6.07) is 3.92. The number of rotatable bonds is 7. The van der Waals surface area contributed by atoms with Gasteiger partial charge in [0, 0.05) is 6.54 Å². The van der Waals surface area contributed by atoms with Crippen molar-refractivity contribution in [3.63, 3.8) is 0 Å². The Balaban J connectivity index is 2.01. The number of thiophene rings is 1. The second-order valence-corrected chi connectivity index (χ2v) is 4.93. The molecule has 2 rings (SSSR count). The Morgan fingerprint density at radius 2 is 2.28 bits per heavy atom. The highest BCUT2D eigenvalue weighted by molar-refractivity contribution is 7.13. The quantitative estimate of drug-likeness (QED) is 0.831. The summed E-state index contributed by atoms with van der Waals surface area (Å²) in [6.45, 7) is 4.38. The summed E-state index contributed by atoms with van der Waals surface area (Å²) in [5, 5.41) is 19.1. The fraction of sp³-hybridized carbons (Fsp3) is 0.500. The third kappa shape index (κ3) is 3.38. The standard InChI is InChI=1S/C12H17N3O2S/c1-2-5-15(6-7-16)9-11-13-14-12(17-11)10-4-3-8-18-10/h3-4,8,16H,2,5-7,9H2,1H3. The largest absolute Gasteiger partial charge is 0.419 e. The van der Waals surface area contributed by atoms with Crippen molar-refractivity contribution < 1.29 is 9.52 Å². The van der Waals surface area contributed by atoms with Gasteiger partial charge in [0.2, 0.25) is 5.89 Å². The fourth-order valence-electron chi connectivity index (χ4n) is 1.74. The smallest absolute Gasteiger partial charge is 0.257 e. The molecule has 0 saturated carbocycles. The van der Waals surface area contributed by atoms with Crippen molar-refractivity contribution >= 4 is 11.3 Å². The van der Waals surface area contributed by atoms with Gasteiger partial charge in [-0.05, 0) is 24.4 Å². The minimum absolute atomic E-state index is 0.145. The highest BCUT2D eigenvalue weighted by atomic mass is 32.1. The van der Waals surface area contributed by atoms with Gasteiger partial charge in [-0.25, -0.2) is 0 Å². The molecule has 0 radical (unpaired) electrons. The van der Waals surface area contributed by atoms with E-state index in [1.54, 1.807) is 11.3 Å². The summed E-state index contributed by atoms with van der Waals surface area (Å²) in [5.74, 6) is 1.17. The second kappa shape index (κ2) is 6.63. The molecule has 18 heavy (non-hydrogen) atoms. The van der Waals surface area contributed by atoms with Crippen LogP contribution >= 0.6 is 11.3 Å². The van der Waals surface area contributed by atoms with Crippen molar-refractivity contribution in [1.82, 2.24) is 15.1 Å². The molecule has 2 heterocycles. The first-order chi connectivity index (χ1) is 8.83. The number of aliphatic hydroxyl groups is 1. The zero-order valence-electron chi connectivity index (χ0n) is 10.4. The zero-order chi connectivity index (χ0) is 12.8. The van der Waals surface area contributed by atoms with Crippen LogP contribution in [0.4, 0.5) is 0 Å². The summed E-state index contributed by atoms with van der Waals surface area (Å²) >= 11 is 1.58. The van der Waals surface area contributed by atoms with Crippen LogP contribution in [0, 0.1) is 0 Å². The Morgan fingerprint density at radius 3 is 2.94 bits per heavy atom. The van der Waals surface area contributed by atoms with E-state index in [2.05, 4.69) is 22.0 Å². The van der Waals surface area contributed by atoms with Gasteiger partial charge in [0.05, 0.1) is 18.0 Å². The van der Waals surface area contributed by atoms with E-state index >= 15 is 0 Å².